The first kappa shape index (κ1) is 15.5. The molecular formula is C15H11Cl2N5O. The zero-order chi connectivity index (χ0) is 16.4. The van der Waals surface area contributed by atoms with Crippen LogP contribution in [0, 0.1) is 6.92 Å². The topological polar surface area (TPSA) is 72.7 Å². The van der Waals surface area contributed by atoms with E-state index in [1.165, 1.54) is 23.5 Å². The molecule has 0 spiro atoms. The lowest BCUT2D eigenvalue weighted by Gasteiger charge is -2.09. The average molecular weight is 348 g/mol. The second-order valence-corrected chi connectivity index (χ2v) is 5.58. The third-order valence-electron chi connectivity index (χ3n) is 3.20. The standard InChI is InChI=1S/C15H11Cl2N5O/c1-9-12(16)5-11(6-13(9)17)21-15(23)10-2-3-19-14(4-10)22-8-18-7-20-22/h2-8H,1H3,(H,21,23). The fraction of sp³-hybridized carbons (Fsp3) is 0.0667. The molecule has 23 heavy (non-hydrogen) atoms. The van der Waals surface area contributed by atoms with Gasteiger partial charge in [0.25, 0.3) is 5.91 Å². The number of hydrogen-bond acceptors (Lipinski definition) is 4. The molecule has 0 aliphatic carbocycles. The van der Waals surface area contributed by atoms with Crippen LogP contribution >= 0.6 is 23.2 Å². The van der Waals surface area contributed by atoms with Gasteiger partial charge in [0.05, 0.1) is 0 Å². The summed E-state index contributed by atoms with van der Waals surface area (Å²) in [5.74, 6) is 0.194. The number of pyridine rings is 1. The summed E-state index contributed by atoms with van der Waals surface area (Å²) < 4.78 is 1.47. The molecule has 116 valence electrons. The molecule has 8 heteroatoms. The number of anilines is 1. The second kappa shape index (κ2) is 6.36. The highest BCUT2D eigenvalue weighted by Gasteiger charge is 2.11. The van der Waals surface area contributed by atoms with E-state index in [1.807, 2.05) is 6.92 Å². The van der Waals surface area contributed by atoms with E-state index in [2.05, 4.69) is 20.4 Å². The lowest BCUT2D eigenvalue weighted by atomic mass is 10.2. The Morgan fingerprint density at radius 1 is 1.22 bits per heavy atom. The summed E-state index contributed by atoms with van der Waals surface area (Å²) in [5, 5.41) is 7.72. The number of carbonyl (C=O) groups is 1. The molecule has 0 bridgehead atoms. The van der Waals surface area contributed by atoms with E-state index in [9.17, 15) is 4.79 Å². The van der Waals surface area contributed by atoms with Gasteiger partial charge < -0.3 is 5.32 Å². The van der Waals surface area contributed by atoms with Crippen LogP contribution in [0.3, 0.4) is 0 Å². The van der Waals surface area contributed by atoms with Crippen LogP contribution in [0.5, 0.6) is 0 Å². The van der Waals surface area contributed by atoms with E-state index in [0.717, 1.165) is 5.56 Å². The van der Waals surface area contributed by atoms with Crippen molar-refractivity contribution in [1.29, 1.82) is 0 Å². The van der Waals surface area contributed by atoms with Gasteiger partial charge in [0.1, 0.15) is 12.7 Å². The highest BCUT2D eigenvalue weighted by molar-refractivity contribution is 6.36. The van der Waals surface area contributed by atoms with Gasteiger partial charge in [-0.25, -0.2) is 14.6 Å². The minimum Gasteiger partial charge on any atom is -0.322 e. The van der Waals surface area contributed by atoms with Crippen LogP contribution in [0.2, 0.25) is 10.0 Å². The van der Waals surface area contributed by atoms with Crippen molar-refractivity contribution in [3.05, 3.63) is 64.3 Å². The smallest absolute Gasteiger partial charge is 0.255 e. The molecule has 1 amide bonds. The van der Waals surface area contributed by atoms with Crippen LogP contribution in [0.25, 0.3) is 5.82 Å². The molecule has 2 aromatic heterocycles. The normalized spacial score (nSPS) is 10.6. The first-order valence-electron chi connectivity index (χ1n) is 6.62. The summed E-state index contributed by atoms with van der Waals surface area (Å²) >= 11 is 12.2. The van der Waals surface area contributed by atoms with Crippen molar-refractivity contribution in [1.82, 2.24) is 19.7 Å². The van der Waals surface area contributed by atoms with Gasteiger partial charge in [-0.1, -0.05) is 23.2 Å². The molecule has 0 fully saturated rings. The fourth-order valence-electron chi connectivity index (χ4n) is 1.93. The van der Waals surface area contributed by atoms with E-state index in [1.54, 1.807) is 24.3 Å². The van der Waals surface area contributed by atoms with Crippen LogP contribution in [-0.4, -0.2) is 25.7 Å². The first-order chi connectivity index (χ1) is 11.0. The number of nitrogens with zero attached hydrogens (tertiary/aromatic N) is 4. The molecule has 0 aliphatic heterocycles. The Morgan fingerprint density at radius 3 is 2.61 bits per heavy atom. The zero-order valence-corrected chi connectivity index (χ0v) is 13.5. The molecule has 3 rings (SSSR count). The molecule has 0 atom stereocenters. The second-order valence-electron chi connectivity index (χ2n) is 4.76. The average Bonchev–Trinajstić information content (AvgIpc) is 3.07. The van der Waals surface area contributed by atoms with E-state index in [4.69, 9.17) is 23.2 Å². The SMILES string of the molecule is Cc1c(Cl)cc(NC(=O)c2ccnc(-n3cncn3)c2)cc1Cl. The van der Waals surface area contributed by atoms with E-state index in [-0.39, 0.29) is 5.91 Å². The number of carbonyl (C=O) groups excluding carboxylic acids is 1. The van der Waals surface area contributed by atoms with Gasteiger partial charge in [0.2, 0.25) is 0 Å². The van der Waals surface area contributed by atoms with Crippen molar-refractivity contribution in [3.8, 4) is 5.82 Å². The number of amides is 1. The maximum atomic E-state index is 12.4. The predicted molar refractivity (Wildman–Crippen MR) is 88.3 cm³/mol. The third-order valence-corrected chi connectivity index (χ3v) is 3.99. The van der Waals surface area contributed by atoms with Crippen molar-refractivity contribution >= 4 is 34.8 Å². The molecule has 6 nitrogen and oxygen atoms in total. The minimum atomic E-state index is -0.301. The summed E-state index contributed by atoms with van der Waals surface area (Å²) in [6.07, 6.45) is 4.43. The van der Waals surface area contributed by atoms with Crippen molar-refractivity contribution in [2.75, 3.05) is 5.32 Å². The van der Waals surface area contributed by atoms with E-state index < -0.39 is 0 Å². The lowest BCUT2D eigenvalue weighted by Crippen LogP contribution is -2.13. The van der Waals surface area contributed by atoms with Gasteiger partial charge >= 0.3 is 0 Å². The molecule has 1 N–H and O–H groups in total. The van der Waals surface area contributed by atoms with Crippen LogP contribution in [0.4, 0.5) is 5.69 Å². The minimum absolute atomic E-state index is 0.301. The molecule has 0 unspecified atom stereocenters. The Bertz CT molecular complexity index is 841. The molecule has 0 saturated carbocycles. The molecular weight excluding hydrogens is 337 g/mol. The summed E-state index contributed by atoms with van der Waals surface area (Å²) in [6, 6.07) is 6.52. The quantitative estimate of drug-likeness (QED) is 0.786. The summed E-state index contributed by atoms with van der Waals surface area (Å²) in [4.78, 5) is 20.4. The molecule has 0 aliphatic rings. The lowest BCUT2D eigenvalue weighted by molar-refractivity contribution is 0.102. The number of nitrogens with one attached hydrogen (secondary N) is 1. The van der Waals surface area contributed by atoms with Crippen LogP contribution in [-0.2, 0) is 0 Å². The predicted octanol–water partition coefficient (Wildman–Crippen LogP) is 3.53. The van der Waals surface area contributed by atoms with Gasteiger partial charge in [-0.3, -0.25) is 4.79 Å². The first-order valence-corrected chi connectivity index (χ1v) is 7.38. The third kappa shape index (κ3) is 3.33. The number of benzene rings is 1. The molecule has 0 radical (unpaired) electrons. The molecule has 2 heterocycles. The highest BCUT2D eigenvalue weighted by Crippen LogP contribution is 2.28. The maximum absolute atomic E-state index is 12.4. The highest BCUT2D eigenvalue weighted by atomic mass is 35.5. The summed E-state index contributed by atoms with van der Waals surface area (Å²) in [6.45, 7) is 1.81. The summed E-state index contributed by atoms with van der Waals surface area (Å²) in [5.41, 5.74) is 1.72. The maximum Gasteiger partial charge on any atom is 0.255 e. The fourth-order valence-corrected chi connectivity index (χ4v) is 2.42. The largest absolute Gasteiger partial charge is 0.322 e. The van der Waals surface area contributed by atoms with Gasteiger partial charge in [-0.05, 0) is 36.8 Å². The van der Waals surface area contributed by atoms with Gasteiger partial charge in [-0.2, -0.15) is 5.10 Å². The Kier molecular flexibility index (Phi) is 4.27. The van der Waals surface area contributed by atoms with Crippen molar-refractivity contribution in [2.45, 2.75) is 6.92 Å². The Hall–Kier alpha value is -2.44. The number of hydrogen-bond donors (Lipinski definition) is 1. The number of aromatic nitrogens is 4. The van der Waals surface area contributed by atoms with Gasteiger partial charge in [0.15, 0.2) is 5.82 Å². The summed E-state index contributed by atoms with van der Waals surface area (Å²) in [7, 11) is 0. The van der Waals surface area contributed by atoms with Crippen LogP contribution < -0.4 is 5.32 Å². The molecule has 3 aromatic rings. The van der Waals surface area contributed by atoms with Crippen LogP contribution in [0.15, 0.2) is 43.1 Å². The number of halogens is 2. The Morgan fingerprint density at radius 2 is 1.96 bits per heavy atom. The molecule has 1 aromatic carbocycles. The van der Waals surface area contributed by atoms with Crippen LogP contribution in [0.1, 0.15) is 15.9 Å². The van der Waals surface area contributed by atoms with E-state index in [0.29, 0.717) is 27.1 Å². The Balaban J connectivity index is 1.85. The van der Waals surface area contributed by atoms with Crippen molar-refractivity contribution in [2.24, 2.45) is 0 Å². The van der Waals surface area contributed by atoms with Crippen molar-refractivity contribution in [3.63, 3.8) is 0 Å². The van der Waals surface area contributed by atoms with E-state index >= 15 is 0 Å². The molecule has 0 saturated heterocycles. The van der Waals surface area contributed by atoms with Crippen molar-refractivity contribution < 1.29 is 4.79 Å². The van der Waals surface area contributed by atoms with Gasteiger partial charge in [-0.15, -0.1) is 0 Å². The monoisotopic (exact) mass is 347 g/mol. The van der Waals surface area contributed by atoms with Gasteiger partial charge in [0, 0.05) is 27.5 Å². The Labute approximate surface area is 142 Å². The zero-order valence-electron chi connectivity index (χ0n) is 12.0. The number of rotatable bonds is 3.